The normalized spacial score (nSPS) is 18.0. The van der Waals surface area contributed by atoms with Crippen molar-refractivity contribution < 1.29 is 22.3 Å². The zero-order chi connectivity index (χ0) is 22.6. The third kappa shape index (κ3) is 5.72. The van der Waals surface area contributed by atoms with Gasteiger partial charge in [0.2, 0.25) is 5.91 Å². The van der Waals surface area contributed by atoms with Crippen molar-refractivity contribution in [3.8, 4) is 5.69 Å². The topological polar surface area (TPSA) is 81.5 Å². The molecule has 1 atom stereocenters. The molecule has 168 valence electrons. The number of nitrogens with zero attached hydrogens (tertiary/aromatic N) is 3. The van der Waals surface area contributed by atoms with Gasteiger partial charge in [-0.1, -0.05) is 11.6 Å². The molecule has 0 saturated carbocycles. The van der Waals surface area contributed by atoms with E-state index in [1.165, 1.54) is 22.9 Å². The van der Waals surface area contributed by atoms with E-state index >= 15 is 0 Å². The highest BCUT2D eigenvalue weighted by Crippen LogP contribution is 2.25. The fourth-order valence-corrected chi connectivity index (χ4v) is 5.64. The number of sulfone groups is 1. The molecule has 1 amide bonds. The Morgan fingerprint density at radius 3 is 2.71 bits per heavy atom. The van der Waals surface area contributed by atoms with Crippen LogP contribution < -0.4 is 0 Å². The first kappa shape index (κ1) is 23.4. The van der Waals surface area contributed by atoms with Gasteiger partial charge >= 0.3 is 0 Å². The molecule has 0 spiro atoms. The summed E-state index contributed by atoms with van der Waals surface area (Å²) in [4.78, 5) is 14.5. The number of carbonyl (C=O) groups excluding carboxylic acids is 1. The molecule has 0 N–H and O–H groups in total. The molecule has 1 fully saturated rings. The molecule has 0 bridgehead atoms. The molecule has 2 heterocycles. The summed E-state index contributed by atoms with van der Waals surface area (Å²) in [5, 5.41) is 4.67. The van der Waals surface area contributed by atoms with E-state index in [1.54, 1.807) is 37.1 Å². The van der Waals surface area contributed by atoms with Crippen molar-refractivity contribution in [3.05, 3.63) is 52.6 Å². The van der Waals surface area contributed by atoms with Crippen LogP contribution in [0.1, 0.15) is 24.1 Å². The molecule has 1 saturated heterocycles. The zero-order valence-electron chi connectivity index (χ0n) is 17.4. The minimum atomic E-state index is -3.13. The Morgan fingerprint density at radius 2 is 2.10 bits per heavy atom. The first-order chi connectivity index (χ1) is 14.7. The van der Waals surface area contributed by atoms with E-state index in [0.29, 0.717) is 48.1 Å². The molecule has 31 heavy (non-hydrogen) atoms. The van der Waals surface area contributed by atoms with Crippen LogP contribution in [0.4, 0.5) is 4.39 Å². The van der Waals surface area contributed by atoms with Crippen molar-refractivity contribution in [1.82, 2.24) is 14.7 Å². The van der Waals surface area contributed by atoms with Gasteiger partial charge in [-0.25, -0.2) is 17.5 Å². The average molecular weight is 470 g/mol. The van der Waals surface area contributed by atoms with Gasteiger partial charge < -0.3 is 9.64 Å². The molecule has 2 aromatic rings. The molecule has 1 aliphatic rings. The minimum absolute atomic E-state index is 0.0259. The molecule has 10 heteroatoms. The quantitative estimate of drug-likeness (QED) is 0.438. The maximum atomic E-state index is 13.2. The lowest BCUT2D eigenvalue weighted by Crippen LogP contribution is -2.41. The van der Waals surface area contributed by atoms with Gasteiger partial charge in [-0.2, -0.15) is 5.10 Å². The first-order valence-electron chi connectivity index (χ1n) is 9.91. The first-order valence-corrected chi connectivity index (χ1v) is 12.1. The lowest BCUT2D eigenvalue weighted by Gasteiger charge is -2.27. The summed E-state index contributed by atoms with van der Waals surface area (Å²) in [5.41, 5.74) is 1.76. The average Bonchev–Trinajstić information content (AvgIpc) is 3.22. The summed E-state index contributed by atoms with van der Waals surface area (Å²) in [7, 11) is -1.55. The van der Waals surface area contributed by atoms with Crippen LogP contribution in [0.2, 0.25) is 5.15 Å². The number of hydrogen-bond donors (Lipinski definition) is 0. The molecular weight excluding hydrogens is 445 g/mol. The predicted octanol–water partition coefficient (Wildman–Crippen LogP) is 3.04. The van der Waals surface area contributed by atoms with Crippen LogP contribution in [-0.4, -0.2) is 66.8 Å². The second-order valence-electron chi connectivity index (χ2n) is 7.45. The van der Waals surface area contributed by atoms with Crippen LogP contribution in [-0.2, 0) is 19.4 Å². The molecule has 1 aromatic carbocycles. The molecule has 3 rings (SSSR count). The largest absolute Gasteiger partial charge is 0.385 e. The smallest absolute Gasteiger partial charge is 0.246 e. The Morgan fingerprint density at radius 1 is 1.39 bits per heavy atom. The van der Waals surface area contributed by atoms with E-state index < -0.39 is 9.84 Å². The van der Waals surface area contributed by atoms with E-state index in [0.717, 1.165) is 0 Å². The van der Waals surface area contributed by atoms with Gasteiger partial charge in [0, 0.05) is 37.9 Å². The summed E-state index contributed by atoms with van der Waals surface area (Å²) in [6, 6.07) is 5.40. The maximum absolute atomic E-state index is 13.2. The van der Waals surface area contributed by atoms with Gasteiger partial charge in [-0.15, -0.1) is 0 Å². The van der Waals surface area contributed by atoms with Gasteiger partial charge in [0.15, 0.2) is 9.84 Å². The van der Waals surface area contributed by atoms with E-state index in [-0.39, 0.29) is 29.3 Å². The number of halogens is 2. The van der Waals surface area contributed by atoms with Crippen molar-refractivity contribution in [2.24, 2.45) is 0 Å². The Labute approximate surface area is 186 Å². The third-order valence-electron chi connectivity index (χ3n) is 5.19. The third-order valence-corrected chi connectivity index (χ3v) is 7.31. The monoisotopic (exact) mass is 469 g/mol. The minimum Gasteiger partial charge on any atom is -0.385 e. The second-order valence-corrected chi connectivity index (χ2v) is 10.0. The number of rotatable bonds is 8. The van der Waals surface area contributed by atoms with Crippen molar-refractivity contribution >= 4 is 33.4 Å². The highest BCUT2D eigenvalue weighted by Gasteiger charge is 2.33. The van der Waals surface area contributed by atoms with E-state index in [4.69, 9.17) is 16.3 Å². The molecule has 1 aromatic heterocycles. The molecule has 7 nitrogen and oxygen atoms in total. The Hall–Kier alpha value is -2.23. The predicted molar refractivity (Wildman–Crippen MR) is 118 cm³/mol. The summed E-state index contributed by atoms with van der Waals surface area (Å²) in [6.45, 7) is 2.64. The number of hydrogen-bond acceptors (Lipinski definition) is 5. The van der Waals surface area contributed by atoms with Crippen LogP contribution in [0.5, 0.6) is 0 Å². The standard InChI is InChI=1S/C21H25ClFN3O4S/c1-15-19(21(22)26(24-15)17-6-4-16(23)5-7-17)8-9-20(27)25(11-3-12-30-2)18-10-13-31(28,29)14-18/h4-9,18H,3,10-14H2,1-2H3/b9-8+. The highest BCUT2D eigenvalue weighted by molar-refractivity contribution is 7.91. The Kier molecular flexibility index (Phi) is 7.51. The summed E-state index contributed by atoms with van der Waals surface area (Å²) >= 11 is 6.47. The number of ether oxygens (including phenoxy) is 1. The number of aryl methyl sites for hydroxylation is 1. The van der Waals surface area contributed by atoms with Crippen LogP contribution >= 0.6 is 11.6 Å². The number of methoxy groups -OCH3 is 1. The number of benzene rings is 1. The molecule has 0 aliphatic carbocycles. The van der Waals surface area contributed by atoms with Gasteiger partial charge in [0.25, 0.3) is 0 Å². The zero-order valence-corrected chi connectivity index (χ0v) is 19.0. The van der Waals surface area contributed by atoms with Crippen molar-refractivity contribution in [2.75, 3.05) is 31.8 Å². The van der Waals surface area contributed by atoms with Crippen LogP contribution in [0.15, 0.2) is 30.3 Å². The number of carbonyl (C=O) groups is 1. The van der Waals surface area contributed by atoms with E-state index in [2.05, 4.69) is 5.10 Å². The van der Waals surface area contributed by atoms with E-state index in [9.17, 15) is 17.6 Å². The van der Waals surface area contributed by atoms with Crippen LogP contribution in [0.25, 0.3) is 11.8 Å². The fourth-order valence-electron chi connectivity index (χ4n) is 3.58. The highest BCUT2D eigenvalue weighted by atomic mass is 35.5. The van der Waals surface area contributed by atoms with E-state index in [1.807, 2.05) is 0 Å². The SMILES string of the molecule is COCCCN(C(=O)/C=C/c1c(C)nn(-c2ccc(F)cc2)c1Cl)C1CCS(=O)(=O)C1. The van der Waals surface area contributed by atoms with Crippen LogP contribution in [0, 0.1) is 12.7 Å². The fraction of sp³-hybridized carbons (Fsp3) is 0.429. The van der Waals surface area contributed by atoms with Crippen LogP contribution in [0.3, 0.4) is 0 Å². The molecule has 1 unspecified atom stereocenters. The van der Waals surface area contributed by atoms with Crippen molar-refractivity contribution in [3.63, 3.8) is 0 Å². The Bertz CT molecular complexity index is 1070. The molecule has 1 aliphatic heterocycles. The van der Waals surface area contributed by atoms with Gasteiger partial charge in [-0.3, -0.25) is 4.79 Å². The number of aromatic nitrogens is 2. The summed E-state index contributed by atoms with van der Waals surface area (Å²) < 4.78 is 43.5. The van der Waals surface area contributed by atoms with Crippen molar-refractivity contribution in [2.45, 2.75) is 25.8 Å². The lowest BCUT2D eigenvalue weighted by molar-refractivity contribution is -0.127. The molecular formula is C21H25ClFN3O4S. The van der Waals surface area contributed by atoms with Gasteiger partial charge in [0.05, 0.1) is 22.9 Å². The van der Waals surface area contributed by atoms with Crippen molar-refractivity contribution in [1.29, 1.82) is 0 Å². The number of amides is 1. The van der Waals surface area contributed by atoms with Gasteiger partial charge in [0.1, 0.15) is 11.0 Å². The summed E-state index contributed by atoms with van der Waals surface area (Å²) in [6.07, 6.45) is 4.01. The van der Waals surface area contributed by atoms with Gasteiger partial charge in [-0.05, 0) is 50.1 Å². The second kappa shape index (κ2) is 9.93. The Balaban J connectivity index is 1.81. The summed E-state index contributed by atoms with van der Waals surface area (Å²) in [5.74, 6) is -0.590. The molecule has 0 radical (unpaired) electrons. The maximum Gasteiger partial charge on any atom is 0.246 e. The lowest BCUT2D eigenvalue weighted by atomic mass is 10.2.